The third-order valence-electron chi connectivity index (χ3n) is 3.05. The van der Waals surface area contributed by atoms with E-state index in [1.807, 2.05) is 5.32 Å². The van der Waals surface area contributed by atoms with Crippen molar-refractivity contribution in [2.75, 3.05) is 11.9 Å². The van der Waals surface area contributed by atoms with Crippen molar-refractivity contribution in [3.05, 3.63) is 62.9 Å². The Labute approximate surface area is 148 Å². The van der Waals surface area contributed by atoms with Gasteiger partial charge in [0.2, 0.25) is 0 Å². The normalized spacial score (nSPS) is 11.1. The molecule has 6 nitrogen and oxygen atoms in total. The molecule has 0 aliphatic carbocycles. The molecular formula is C15H9ClF4N2O4. The molecule has 138 valence electrons. The Morgan fingerprint density at radius 3 is 2.50 bits per heavy atom. The molecule has 0 unspecified atom stereocenters. The van der Waals surface area contributed by atoms with Gasteiger partial charge in [-0.05, 0) is 24.3 Å². The van der Waals surface area contributed by atoms with Crippen LogP contribution in [0.3, 0.4) is 0 Å². The molecule has 11 heteroatoms. The molecular weight excluding hydrogens is 384 g/mol. The van der Waals surface area contributed by atoms with E-state index in [2.05, 4.69) is 0 Å². The molecule has 0 radical (unpaired) electrons. The average Bonchev–Trinajstić information content (AvgIpc) is 2.54. The van der Waals surface area contributed by atoms with Crippen LogP contribution in [0.25, 0.3) is 0 Å². The topological polar surface area (TPSA) is 81.5 Å². The van der Waals surface area contributed by atoms with Crippen molar-refractivity contribution < 1.29 is 32.0 Å². The number of nitrogens with one attached hydrogen (secondary N) is 1. The summed E-state index contributed by atoms with van der Waals surface area (Å²) in [5, 5.41) is 12.3. The van der Waals surface area contributed by atoms with Crippen molar-refractivity contribution in [3.8, 4) is 5.75 Å². The molecule has 1 N–H and O–H groups in total. The van der Waals surface area contributed by atoms with Gasteiger partial charge in [-0.1, -0.05) is 11.6 Å². The van der Waals surface area contributed by atoms with Crippen LogP contribution in [0.2, 0.25) is 5.02 Å². The maximum absolute atomic E-state index is 13.6. The van der Waals surface area contributed by atoms with E-state index in [-0.39, 0.29) is 5.02 Å². The van der Waals surface area contributed by atoms with Crippen LogP contribution in [0.15, 0.2) is 36.4 Å². The van der Waals surface area contributed by atoms with Crippen LogP contribution in [0, 0.1) is 15.9 Å². The van der Waals surface area contributed by atoms with Crippen LogP contribution in [0.5, 0.6) is 5.75 Å². The number of rotatable bonds is 5. The summed E-state index contributed by atoms with van der Waals surface area (Å²) >= 11 is 5.53. The van der Waals surface area contributed by atoms with Crippen molar-refractivity contribution in [1.82, 2.24) is 0 Å². The lowest BCUT2D eigenvalue weighted by atomic mass is 10.1. The van der Waals surface area contributed by atoms with Crippen LogP contribution in [-0.4, -0.2) is 17.4 Å². The van der Waals surface area contributed by atoms with Crippen molar-refractivity contribution in [2.45, 2.75) is 6.18 Å². The fourth-order valence-corrected chi connectivity index (χ4v) is 2.08. The molecule has 1 amide bonds. The lowest BCUT2D eigenvalue weighted by Gasteiger charge is -2.14. The molecule has 0 aliphatic rings. The minimum Gasteiger partial charge on any atom is -0.481 e. The first-order chi connectivity index (χ1) is 12.1. The maximum atomic E-state index is 13.6. The van der Waals surface area contributed by atoms with E-state index in [0.29, 0.717) is 12.1 Å². The fraction of sp³-hybridized carbons (Fsp3) is 0.133. The number of anilines is 1. The summed E-state index contributed by atoms with van der Waals surface area (Å²) in [6.45, 7) is -0.811. The number of hydrogen-bond donors (Lipinski definition) is 1. The minimum absolute atomic E-state index is 0.167. The molecule has 0 saturated carbocycles. The van der Waals surface area contributed by atoms with Crippen LogP contribution in [0.4, 0.5) is 28.9 Å². The molecule has 2 aromatic rings. The minimum atomic E-state index is -4.75. The predicted octanol–water partition coefficient (Wildman–Crippen LogP) is 4.42. The molecule has 0 fully saturated rings. The predicted molar refractivity (Wildman–Crippen MR) is 83.6 cm³/mol. The van der Waals surface area contributed by atoms with Crippen molar-refractivity contribution in [2.24, 2.45) is 0 Å². The van der Waals surface area contributed by atoms with Gasteiger partial charge < -0.3 is 10.1 Å². The number of ether oxygens (including phenoxy) is 1. The third kappa shape index (κ3) is 4.82. The molecule has 0 atom stereocenters. The Bertz CT molecular complexity index is 858. The Kier molecular flexibility index (Phi) is 5.66. The quantitative estimate of drug-likeness (QED) is 0.464. The summed E-state index contributed by atoms with van der Waals surface area (Å²) in [5.74, 6) is -2.54. The van der Waals surface area contributed by atoms with Gasteiger partial charge in [0.15, 0.2) is 18.2 Å². The summed E-state index contributed by atoms with van der Waals surface area (Å²) < 4.78 is 57.3. The highest BCUT2D eigenvalue weighted by molar-refractivity contribution is 6.30. The summed E-state index contributed by atoms with van der Waals surface area (Å²) in [5.41, 5.74) is -2.21. The van der Waals surface area contributed by atoms with Crippen LogP contribution in [-0.2, 0) is 11.0 Å². The molecule has 0 heterocycles. The van der Waals surface area contributed by atoms with E-state index in [1.165, 1.54) is 0 Å². The summed E-state index contributed by atoms with van der Waals surface area (Å²) in [6.07, 6.45) is -4.75. The number of non-ortho nitro benzene ring substituents is 1. The van der Waals surface area contributed by atoms with E-state index in [1.54, 1.807) is 0 Å². The monoisotopic (exact) mass is 392 g/mol. The van der Waals surface area contributed by atoms with Gasteiger partial charge in [0.05, 0.1) is 22.2 Å². The number of alkyl halides is 3. The van der Waals surface area contributed by atoms with Crippen molar-refractivity contribution in [1.29, 1.82) is 0 Å². The lowest BCUT2D eigenvalue weighted by molar-refractivity contribution is -0.385. The Morgan fingerprint density at radius 1 is 1.23 bits per heavy atom. The summed E-state index contributed by atoms with van der Waals surface area (Å²) in [6, 6.07) is 5.25. The highest BCUT2D eigenvalue weighted by Gasteiger charge is 2.34. The highest BCUT2D eigenvalue weighted by atomic mass is 35.5. The molecule has 0 aliphatic heterocycles. The average molecular weight is 393 g/mol. The van der Waals surface area contributed by atoms with Gasteiger partial charge >= 0.3 is 6.18 Å². The first-order valence-corrected chi connectivity index (χ1v) is 7.19. The zero-order valence-electron chi connectivity index (χ0n) is 12.6. The summed E-state index contributed by atoms with van der Waals surface area (Å²) in [4.78, 5) is 21.5. The number of carbonyl (C=O) groups is 1. The highest BCUT2D eigenvalue weighted by Crippen LogP contribution is 2.36. The molecule has 0 bridgehead atoms. The third-order valence-corrected chi connectivity index (χ3v) is 3.28. The van der Waals surface area contributed by atoms with Crippen LogP contribution < -0.4 is 10.1 Å². The van der Waals surface area contributed by atoms with Gasteiger partial charge in [0.25, 0.3) is 11.6 Å². The second kappa shape index (κ2) is 7.56. The number of halogens is 5. The van der Waals surface area contributed by atoms with E-state index >= 15 is 0 Å². The van der Waals surface area contributed by atoms with Gasteiger partial charge in [0.1, 0.15) is 0 Å². The van der Waals surface area contributed by atoms with E-state index in [9.17, 15) is 32.5 Å². The number of hydrogen-bond acceptors (Lipinski definition) is 4. The van der Waals surface area contributed by atoms with Gasteiger partial charge in [-0.15, -0.1) is 0 Å². The zero-order valence-corrected chi connectivity index (χ0v) is 13.4. The van der Waals surface area contributed by atoms with E-state index < -0.39 is 52.1 Å². The largest absolute Gasteiger partial charge is 0.481 e. The van der Waals surface area contributed by atoms with Gasteiger partial charge in [-0.3, -0.25) is 14.9 Å². The second-order valence-corrected chi connectivity index (χ2v) is 5.33. The van der Waals surface area contributed by atoms with Crippen molar-refractivity contribution >= 4 is 28.9 Å². The molecule has 0 aromatic heterocycles. The second-order valence-electron chi connectivity index (χ2n) is 4.90. The van der Waals surface area contributed by atoms with Gasteiger partial charge in [-0.25, -0.2) is 4.39 Å². The van der Waals surface area contributed by atoms with Crippen LogP contribution >= 0.6 is 11.6 Å². The molecule has 2 rings (SSSR count). The molecule has 0 spiro atoms. The smallest absolute Gasteiger partial charge is 0.418 e. The Morgan fingerprint density at radius 2 is 1.92 bits per heavy atom. The Balaban J connectivity index is 2.08. The number of nitrogens with zero attached hydrogens (tertiary/aromatic N) is 1. The molecule has 26 heavy (non-hydrogen) atoms. The number of nitro groups is 1. The SMILES string of the molecule is O=C(COc1ccc([N+](=O)[O-])cc1F)Nc1ccc(Cl)cc1C(F)(F)F. The molecule has 2 aromatic carbocycles. The number of amides is 1. The standard InChI is InChI=1S/C15H9ClF4N2O4/c16-8-1-3-12(10(5-8)15(18,19)20)21-14(23)7-26-13-4-2-9(22(24)25)6-11(13)17/h1-6H,7H2,(H,21,23). The van der Waals surface area contributed by atoms with Crippen molar-refractivity contribution in [3.63, 3.8) is 0 Å². The fourth-order valence-electron chi connectivity index (χ4n) is 1.91. The maximum Gasteiger partial charge on any atom is 0.418 e. The number of nitro benzene ring substituents is 1. The van der Waals surface area contributed by atoms with Gasteiger partial charge in [-0.2, -0.15) is 13.2 Å². The van der Waals surface area contributed by atoms with E-state index in [4.69, 9.17) is 16.3 Å². The van der Waals surface area contributed by atoms with E-state index in [0.717, 1.165) is 24.3 Å². The van der Waals surface area contributed by atoms with Gasteiger partial charge in [0, 0.05) is 11.1 Å². The zero-order chi connectivity index (χ0) is 19.5. The summed E-state index contributed by atoms with van der Waals surface area (Å²) in [7, 11) is 0. The Hall–Kier alpha value is -2.88. The lowest BCUT2D eigenvalue weighted by Crippen LogP contribution is -2.22. The first kappa shape index (κ1) is 19.4. The first-order valence-electron chi connectivity index (χ1n) is 6.81. The molecule has 0 saturated heterocycles. The number of carbonyl (C=O) groups excluding carboxylic acids is 1. The number of benzene rings is 2. The van der Waals surface area contributed by atoms with Crippen LogP contribution in [0.1, 0.15) is 5.56 Å².